The number of likely N-dealkylation sites (N-methyl/N-ethyl adjacent to an activating group) is 1. The van der Waals surface area contributed by atoms with Gasteiger partial charge in [-0.25, -0.2) is 4.79 Å². The zero-order valence-corrected chi connectivity index (χ0v) is 8.89. The summed E-state index contributed by atoms with van der Waals surface area (Å²) in [5, 5.41) is 17.8. The van der Waals surface area contributed by atoms with Crippen LogP contribution >= 0.6 is 0 Å². The number of nitrogens with zero attached hydrogens (tertiary/aromatic N) is 2. The number of oxazole rings is 1. The maximum atomic E-state index is 10.6. The number of carboxylic acids is 1. The summed E-state index contributed by atoms with van der Waals surface area (Å²) in [6.45, 7) is 3.49. The molecule has 6 heteroatoms. The molecule has 0 aromatic carbocycles. The third kappa shape index (κ3) is 2.27. The Labute approximate surface area is 87.1 Å². The van der Waals surface area contributed by atoms with Gasteiger partial charge in [-0.3, -0.25) is 0 Å². The first-order valence-corrected chi connectivity index (χ1v) is 4.42. The third-order valence-corrected chi connectivity index (χ3v) is 2.29. The molecule has 0 aliphatic heterocycles. The summed E-state index contributed by atoms with van der Waals surface area (Å²) in [4.78, 5) is 15.9. The van der Waals surface area contributed by atoms with Gasteiger partial charge in [-0.05, 0) is 13.8 Å². The van der Waals surface area contributed by atoms with Gasteiger partial charge in [0.2, 0.25) is 0 Å². The van der Waals surface area contributed by atoms with Gasteiger partial charge >= 0.3 is 5.97 Å². The Morgan fingerprint density at radius 1 is 1.67 bits per heavy atom. The molecule has 0 atom stereocenters. The van der Waals surface area contributed by atoms with Crippen LogP contribution in [0.4, 0.5) is 6.01 Å². The fourth-order valence-corrected chi connectivity index (χ4v) is 0.882. The Morgan fingerprint density at radius 2 is 2.27 bits per heavy atom. The van der Waals surface area contributed by atoms with Crippen LogP contribution in [0.25, 0.3) is 0 Å². The lowest BCUT2D eigenvalue weighted by atomic mass is 10.1. The van der Waals surface area contributed by atoms with E-state index in [1.54, 1.807) is 25.8 Å². The lowest BCUT2D eigenvalue weighted by Gasteiger charge is -2.32. The van der Waals surface area contributed by atoms with E-state index in [1.807, 2.05) is 0 Å². The molecule has 0 radical (unpaired) electrons. The highest BCUT2D eigenvalue weighted by Crippen LogP contribution is 2.20. The molecule has 1 aromatic heterocycles. The second kappa shape index (κ2) is 3.90. The van der Waals surface area contributed by atoms with Gasteiger partial charge in [-0.15, -0.1) is 0 Å². The number of carbonyl (C=O) groups is 1. The number of hydrogen-bond donors (Lipinski definition) is 2. The molecular weight excluding hydrogens is 200 g/mol. The molecule has 0 saturated carbocycles. The molecule has 1 aromatic rings. The quantitative estimate of drug-likeness (QED) is 0.762. The highest BCUT2D eigenvalue weighted by molar-refractivity contribution is 5.85. The molecule has 1 rings (SSSR count). The van der Waals surface area contributed by atoms with E-state index in [1.165, 1.54) is 0 Å². The zero-order chi connectivity index (χ0) is 11.6. The molecule has 0 unspecified atom stereocenters. The molecule has 0 bridgehead atoms. The topological polar surface area (TPSA) is 86.8 Å². The number of aliphatic hydroxyl groups is 1. The Morgan fingerprint density at radius 3 is 2.67 bits per heavy atom. The lowest BCUT2D eigenvalue weighted by Crippen LogP contribution is -2.44. The average molecular weight is 214 g/mol. The maximum absolute atomic E-state index is 10.6. The van der Waals surface area contributed by atoms with Crippen molar-refractivity contribution < 1.29 is 19.4 Å². The van der Waals surface area contributed by atoms with Crippen molar-refractivity contribution >= 4 is 12.0 Å². The van der Waals surface area contributed by atoms with Gasteiger partial charge in [0.05, 0.1) is 12.1 Å². The Hall–Kier alpha value is -1.56. The second-order valence-electron chi connectivity index (χ2n) is 3.85. The Balaban J connectivity index is 2.92. The maximum Gasteiger partial charge on any atom is 0.357 e. The van der Waals surface area contributed by atoms with Crippen LogP contribution in [0, 0.1) is 0 Å². The van der Waals surface area contributed by atoms with Crippen molar-refractivity contribution in [2.45, 2.75) is 19.4 Å². The number of aliphatic hydroxyl groups excluding tert-OH is 1. The summed E-state index contributed by atoms with van der Waals surface area (Å²) in [7, 11) is 1.67. The van der Waals surface area contributed by atoms with E-state index in [0.29, 0.717) is 0 Å². The lowest BCUT2D eigenvalue weighted by molar-refractivity contribution is 0.0690. The summed E-state index contributed by atoms with van der Waals surface area (Å²) < 4.78 is 5.00. The SMILES string of the molecule is CN(c1nc(C(=O)O)co1)C(C)(C)CO. The Kier molecular flexibility index (Phi) is 2.99. The minimum Gasteiger partial charge on any atom is -0.476 e. The van der Waals surface area contributed by atoms with E-state index < -0.39 is 11.5 Å². The van der Waals surface area contributed by atoms with Crippen LogP contribution in [0.2, 0.25) is 0 Å². The van der Waals surface area contributed by atoms with E-state index in [9.17, 15) is 4.79 Å². The number of aromatic carboxylic acids is 1. The number of rotatable bonds is 4. The monoisotopic (exact) mass is 214 g/mol. The van der Waals surface area contributed by atoms with Crippen molar-refractivity contribution in [3.63, 3.8) is 0 Å². The third-order valence-electron chi connectivity index (χ3n) is 2.29. The Bertz CT molecular complexity index is 359. The number of anilines is 1. The molecule has 0 aliphatic rings. The van der Waals surface area contributed by atoms with Crippen LogP contribution in [0.15, 0.2) is 10.7 Å². The van der Waals surface area contributed by atoms with E-state index >= 15 is 0 Å². The molecule has 0 aliphatic carbocycles. The summed E-state index contributed by atoms with van der Waals surface area (Å²) in [6.07, 6.45) is 1.07. The molecule has 1 heterocycles. The molecule has 6 nitrogen and oxygen atoms in total. The first-order valence-electron chi connectivity index (χ1n) is 4.42. The molecule has 0 saturated heterocycles. The van der Waals surface area contributed by atoms with Crippen LogP contribution < -0.4 is 4.90 Å². The van der Waals surface area contributed by atoms with E-state index in [4.69, 9.17) is 14.6 Å². The standard InChI is InChI=1S/C9H14N2O4/c1-9(2,5-12)11(3)8-10-6(4-15-8)7(13)14/h4,12H,5H2,1-3H3,(H,13,14). The van der Waals surface area contributed by atoms with Crippen LogP contribution in [0.3, 0.4) is 0 Å². The van der Waals surface area contributed by atoms with Gasteiger partial charge in [0.1, 0.15) is 6.26 Å². The second-order valence-corrected chi connectivity index (χ2v) is 3.85. The van der Waals surface area contributed by atoms with Crippen LogP contribution in [0.5, 0.6) is 0 Å². The number of carboxylic acid groups (broad SMARTS) is 1. The first-order chi connectivity index (χ1) is 6.88. The van der Waals surface area contributed by atoms with Crippen LogP contribution in [-0.2, 0) is 0 Å². The summed E-state index contributed by atoms with van der Waals surface area (Å²) in [5.41, 5.74) is -0.703. The van der Waals surface area contributed by atoms with E-state index in [2.05, 4.69) is 4.98 Å². The normalized spacial score (nSPS) is 11.5. The highest BCUT2D eigenvalue weighted by Gasteiger charge is 2.26. The van der Waals surface area contributed by atoms with Gasteiger partial charge in [-0.1, -0.05) is 0 Å². The van der Waals surface area contributed by atoms with E-state index in [-0.39, 0.29) is 18.3 Å². The smallest absolute Gasteiger partial charge is 0.357 e. The molecule has 2 N–H and O–H groups in total. The first kappa shape index (κ1) is 11.5. The van der Waals surface area contributed by atoms with Crippen LogP contribution in [0.1, 0.15) is 24.3 Å². The molecule has 84 valence electrons. The zero-order valence-electron chi connectivity index (χ0n) is 8.89. The molecule has 0 amide bonds. The van der Waals surface area contributed by atoms with Gasteiger partial charge < -0.3 is 19.5 Å². The summed E-state index contributed by atoms with van der Waals surface area (Å²) >= 11 is 0. The van der Waals surface area contributed by atoms with Crippen molar-refractivity contribution in [1.29, 1.82) is 0 Å². The van der Waals surface area contributed by atoms with Crippen molar-refractivity contribution in [1.82, 2.24) is 4.98 Å². The number of aromatic nitrogens is 1. The predicted octanol–water partition coefficient (Wildman–Crippen LogP) is 0.580. The molecular formula is C9H14N2O4. The summed E-state index contributed by atoms with van der Waals surface area (Å²) in [6, 6.07) is 0.173. The van der Waals surface area contributed by atoms with Crippen molar-refractivity contribution in [2.75, 3.05) is 18.6 Å². The van der Waals surface area contributed by atoms with Gasteiger partial charge in [-0.2, -0.15) is 4.98 Å². The number of hydrogen-bond acceptors (Lipinski definition) is 5. The van der Waals surface area contributed by atoms with Crippen molar-refractivity contribution in [3.05, 3.63) is 12.0 Å². The molecule has 0 fully saturated rings. The highest BCUT2D eigenvalue weighted by atomic mass is 16.4. The molecule has 15 heavy (non-hydrogen) atoms. The van der Waals surface area contributed by atoms with Gasteiger partial charge in [0, 0.05) is 7.05 Å². The van der Waals surface area contributed by atoms with Gasteiger partial charge in [0.15, 0.2) is 5.69 Å². The van der Waals surface area contributed by atoms with Crippen molar-refractivity contribution in [2.24, 2.45) is 0 Å². The minimum absolute atomic E-state index is 0.0890. The van der Waals surface area contributed by atoms with Crippen molar-refractivity contribution in [3.8, 4) is 0 Å². The largest absolute Gasteiger partial charge is 0.476 e. The minimum atomic E-state index is -1.14. The van der Waals surface area contributed by atoms with Crippen LogP contribution in [-0.4, -0.2) is 40.4 Å². The van der Waals surface area contributed by atoms with E-state index in [0.717, 1.165) is 6.26 Å². The van der Waals surface area contributed by atoms with Gasteiger partial charge in [0.25, 0.3) is 6.01 Å². The fourth-order valence-electron chi connectivity index (χ4n) is 0.882. The fraction of sp³-hybridized carbons (Fsp3) is 0.556. The molecule has 0 spiro atoms. The summed E-state index contributed by atoms with van der Waals surface area (Å²) in [5.74, 6) is -1.14. The predicted molar refractivity (Wildman–Crippen MR) is 53.0 cm³/mol. The average Bonchev–Trinajstić information content (AvgIpc) is 2.65.